The number of fused-ring (bicyclic) bond motifs is 1. The van der Waals surface area contributed by atoms with Crippen molar-refractivity contribution in [1.82, 2.24) is 0 Å². The van der Waals surface area contributed by atoms with Crippen molar-refractivity contribution in [3.8, 4) is 0 Å². The normalized spacial score (nSPS) is 14.6. The molecule has 1 aromatic carbocycles. The van der Waals surface area contributed by atoms with Gasteiger partial charge in [-0.2, -0.15) is 4.58 Å². The van der Waals surface area contributed by atoms with Gasteiger partial charge in [-0.3, -0.25) is 4.79 Å². The summed E-state index contributed by atoms with van der Waals surface area (Å²) in [6, 6.07) is 7.60. The number of rotatable bonds is 0. The predicted molar refractivity (Wildman–Crippen MR) is 42.7 cm³/mol. The van der Waals surface area contributed by atoms with Crippen molar-refractivity contribution in [3.63, 3.8) is 0 Å². The predicted octanol–water partition coefficient (Wildman–Crippen LogP) is 1.23. The molecule has 0 aliphatic carbocycles. The van der Waals surface area contributed by atoms with Crippen LogP contribution in [-0.4, -0.2) is 23.6 Å². The van der Waals surface area contributed by atoms with E-state index in [1.54, 1.807) is 6.21 Å². The van der Waals surface area contributed by atoms with Crippen LogP contribution in [0.1, 0.15) is 10.4 Å². The maximum Gasteiger partial charge on any atom is 0.255 e. The van der Waals surface area contributed by atoms with Crippen molar-refractivity contribution in [2.75, 3.05) is 7.05 Å². The minimum absolute atomic E-state index is 0.100. The molecule has 0 saturated carbocycles. The number of hydrogen-bond acceptors (Lipinski definition) is 1. The summed E-state index contributed by atoms with van der Waals surface area (Å²) in [5, 5.41) is 0. The molecule has 0 radical (unpaired) electrons. The second kappa shape index (κ2) is 2.02. The Hall–Kier alpha value is -1.44. The Labute approximate surface area is 64.8 Å². The molecule has 0 bridgehead atoms. The third-order valence-corrected chi connectivity index (χ3v) is 1.86. The highest BCUT2D eigenvalue weighted by atomic mass is 16.1. The first-order chi connectivity index (χ1) is 5.29. The zero-order chi connectivity index (χ0) is 7.84. The van der Waals surface area contributed by atoms with Gasteiger partial charge < -0.3 is 0 Å². The van der Waals surface area contributed by atoms with E-state index in [4.69, 9.17) is 0 Å². The van der Waals surface area contributed by atoms with Gasteiger partial charge in [-0.1, -0.05) is 12.1 Å². The summed E-state index contributed by atoms with van der Waals surface area (Å²) in [5.41, 5.74) is 1.80. The van der Waals surface area contributed by atoms with E-state index in [0.29, 0.717) is 0 Å². The van der Waals surface area contributed by atoms with Crippen molar-refractivity contribution in [1.29, 1.82) is 0 Å². The number of carbonyl (C=O) groups excluding carboxylic acids is 1. The smallest absolute Gasteiger partial charge is 0.255 e. The van der Waals surface area contributed by atoms with Crippen LogP contribution in [0, 0.1) is 0 Å². The number of ketones is 1. The second-order valence-electron chi connectivity index (χ2n) is 2.62. The first-order valence-electron chi connectivity index (χ1n) is 3.50. The molecule has 0 saturated heterocycles. The monoisotopic (exact) mass is 146 g/mol. The lowest BCUT2D eigenvalue weighted by molar-refractivity contribution is -0.395. The van der Waals surface area contributed by atoms with Crippen molar-refractivity contribution in [2.45, 2.75) is 0 Å². The largest absolute Gasteiger partial charge is 0.282 e. The fourth-order valence-corrected chi connectivity index (χ4v) is 1.30. The lowest BCUT2D eigenvalue weighted by atomic mass is 10.1. The van der Waals surface area contributed by atoms with Gasteiger partial charge in [0, 0.05) is 6.07 Å². The number of carbonyl (C=O) groups is 1. The van der Waals surface area contributed by atoms with E-state index in [1.807, 2.05) is 35.9 Å². The van der Waals surface area contributed by atoms with E-state index in [9.17, 15) is 4.79 Å². The van der Waals surface area contributed by atoms with Crippen molar-refractivity contribution in [3.05, 3.63) is 29.8 Å². The molecule has 0 fully saturated rings. The molecule has 2 rings (SSSR count). The van der Waals surface area contributed by atoms with E-state index in [1.165, 1.54) is 0 Å². The summed E-state index contributed by atoms with van der Waals surface area (Å²) in [7, 11) is 1.88. The van der Waals surface area contributed by atoms with E-state index in [0.717, 1.165) is 11.3 Å². The Morgan fingerprint density at radius 3 is 2.73 bits per heavy atom. The van der Waals surface area contributed by atoms with Gasteiger partial charge >= 0.3 is 0 Å². The van der Waals surface area contributed by atoms with Crippen molar-refractivity contribution >= 4 is 17.7 Å². The van der Waals surface area contributed by atoms with Crippen LogP contribution < -0.4 is 0 Å². The summed E-state index contributed by atoms with van der Waals surface area (Å²) in [6.07, 6.45) is 1.60. The molecule has 2 nitrogen and oxygen atoms in total. The van der Waals surface area contributed by atoms with E-state index < -0.39 is 0 Å². The molecule has 0 aromatic heterocycles. The number of benzene rings is 1. The Morgan fingerprint density at radius 2 is 2.00 bits per heavy atom. The molecule has 0 amide bonds. The first kappa shape index (κ1) is 6.28. The van der Waals surface area contributed by atoms with Crippen molar-refractivity contribution < 1.29 is 9.37 Å². The van der Waals surface area contributed by atoms with Gasteiger partial charge in [0.25, 0.3) is 5.78 Å². The molecule has 11 heavy (non-hydrogen) atoms. The molecule has 54 valence electrons. The van der Waals surface area contributed by atoms with E-state index >= 15 is 0 Å². The van der Waals surface area contributed by atoms with Crippen LogP contribution in [0.15, 0.2) is 24.3 Å². The fraction of sp³-hybridized carbons (Fsp3) is 0.111. The lowest BCUT2D eigenvalue weighted by Gasteiger charge is -1.89. The quantitative estimate of drug-likeness (QED) is 0.504. The Morgan fingerprint density at radius 1 is 1.27 bits per heavy atom. The third-order valence-electron chi connectivity index (χ3n) is 1.86. The van der Waals surface area contributed by atoms with Gasteiger partial charge in [-0.25, -0.2) is 0 Å². The summed E-state index contributed by atoms with van der Waals surface area (Å²) < 4.78 is 1.84. The molecule has 0 N–H and O–H groups in total. The minimum atomic E-state index is 0.100. The summed E-state index contributed by atoms with van der Waals surface area (Å²) >= 11 is 0. The fourth-order valence-electron chi connectivity index (χ4n) is 1.30. The van der Waals surface area contributed by atoms with Gasteiger partial charge in [0.1, 0.15) is 7.05 Å². The Kier molecular flexibility index (Phi) is 1.15. The van der Waals surface area contributed by atoms with Gasteiger partial charge in [0.2, 0.25) is 11.9 Å². The number of para-hydroxylation sites is 1. The molecule has 0 spiro atoms. The highest BCUT2D eigenvalue weighted by Crippen LogP contribution is 2.21. The van der Waals surface area contributed by atoms with E-state index in [-0.39, 0.29) is 5.78 Å². The van der Waals surface area contributed by atoms with Crippen molar-refractivity contribution in [2.24, 2.45) is 0 Å². The SMILES string of the molecule is C[N+]1=CC(=O)c2ccccc21. The minimum Gasteiger partial charge on any atom is -0.282 e. The van der Waals surface area contributed by atoms with Crippen LogP contribution in [0.2, 0.25) is 0 Å². The molecular formula is C9H8NO+. The average Bonchev–Trinajstić information content (AvgIpc) is 2.30. The molecule has 0 unspecified atom stereocenters. The van der Waals surface area contributed by atoms with Crippen LogP contribution in [0.4, 0.5) is 5.69 Å². The Bertz CT molecular complexity index is 352. The summed E-state index contributed by atoms with van der Waals surface area (Å²) in [6.45, 7) is 0. The number of nitrogens with zero attached hydrogens (tertiary/aromatic N) is 1. The van der Waals surface area contributed by atoms with Gasteiger partial charge in [-0.05, 0) is 6.07 Å². The van der Waals surface area contributed by atoms with Crippen LogP contribution >= 0.6 is 0 Å². The average molecular weight is 146 g/mol. The first-order valence-corrected chi connectivity index (χ1v) is 3.50. The standard InChI is InChI=1S/C9H8NO/c1-10-6-9(11)7-4-2-3-5-8(7)10/h2-6H,1H3/q+1. The zero-order valence-corrected chi connectivity index (χ0v) is 6.24. The second-order valence-corrected chi connectivity index (χ2v) is 2.62. The van der Waals surface area contributed by atoms with Crippen LogP contribution in [-0.2, 0) is 0 Å². The van der Waals surface area contributed by atoms with Gasteiger partial charge in [0.15, 0.2) is 0 Å². The van der Waals surface area contributed by atoms with E-state index in [2.05, 4.69) is 0 Å². The Balaban J connectivity index is 2.71. The number of hydrogen-bond donors (Lipinski definition) is 0. The summed E-state index contributed by atoms with van der Waals surface area (Å²) in [4.78, 5) is 11.2. The van der Waals surface area contributed by atoms with Gasteiger partial charge in [0.05, 0.1) is 5.56 Å². The highest BCUT2D eigenvalue weighted by molar-refractivity contribution is 6.36. The summed E-state index contributed by atoms with van der Waals surface area (Å²) in [5.74, 6) is 0.100. The molecule has 1 heterocycles. The maximum atomic E-state index is 11.2. The van der Waals surface area contributed by atoms with Crippen LogP contribution in [0.25, 0.3) is 0 Å². The molecule has 1 aliphatic rings. The molecule has 2 heteroatoms. The molecule has 1 aliphatic heterocycles. The number of Topliss-reactive ketones (excluding diaryl/α,β-unsaturated/α-hetero) is 1. The zero-order valence-electron chi connectivity index (χ0n) is 6.24. The van der Waals surface area contributed by atoms with Crippen LogP contribution in [0.3, 0.4) is 0 Å². The van der Waals surface area contributed by atoms with Gasteiger partial charge in [-0.15, -0.1) is 0 Å². The lowest BCUT2D eigenvalue weighted by Crippen LogP contribution is -1.95. The topological polar surface area (TPSA) is 20.1 Å². The highest BCUT2D eigenvalue weighted by Gasteiger charge is 2.24. The molecular weight excluding hydrogens is 138 g/mol. The maximum absolute atomic E-state index is 11.2. The molecule has 0 atom stereocenters. The third kappa shape index (κ3) is 0.792. The van der Waals surface area contributed by atoms with Crippen LogP contribution in [0.5, 0.6) is 0 Å². The molecule has 1 aromatic rings.